The zero-order valence-corrected chi connectivity index (χ0v) is 25.3. The molecular formula is C33H45N5O3. The van der Waals surface area contributed by atoms with Gasteiger partial charge in [0.05, 0.1) is 12.8 Å². The summed E-state index contributed by atoms with van der Waals surface area (Å²) in [6.07, 6.45) is 5.83. The molecule has 41 heavy (non-hydrogen) atoms. The van der Waals surface area contributed by atoms with Crippen LogP contribution in [-0.2, 0) is 33.0 Å². The Kier molecular flexibility index (Phi) is 8.88. The van der Waals surface area contributed by atoms with Gasteiger partial charge in [0.1, 0.15) is 12.4 Å². The number of ether oxygens (including phenoxy) is 2. The summed E-state index contributed by atoms with van der Waals surface area (Å²) >= 11 is 0. The SMILES string of the molecule is COC(=O)Cn1ccc(CC(C)C)c1C1(Nc2ccc(N3CCN(c4cc(C)cc(C)n4)CC3)cc2)CCCCO1. The Morgan fingerprint density at radius 1 is 1.05 bits per heavy atom. The molecule has 0 spiro atoms. The van der Waals surface area contributed by atoms with E-state index in [4.69, 9.17) is 14.5 Å². The molecule has 0 bridgehead atoms. The van der Waals surface area contributed by atoms with Crippen molar-refractivity contribution in [2.75, 3.05) is 55.0 Å². The number of rotatable bonds is 9. The van der Waals surface area contributed by atoms with Gasteiger partial charge in [0.25, 0.3) is 0 Å². The number of nitrogens with one attached hydrogen (secondary N) is 1. The monoisotopic (exact) mass is 559 g/mol. The van der Waals surface area contributed by atoms with Gasteiger partial charge in [-0.1, -0.05) is 13.8 Å². The second kappa shape index (κ2) is 12.6. The Bertz CT molecular complexity index is 1300. The Balaban J connectivity index is 1.34. The molecule has 8 heteroatoms. The van der Waals surface area contributed by atoms with Crippen LogP contribution in [0.2, 0.25) is 0 Å². The zero-order chi connectivity index (χ0) is 29.0. The summed E-state index contributed by atoms with van der Waals surface area (Å²) in [6.45, 7) is 13.3. The number of benzene rings is 1. The molecule has 8 nitrogen and oxygen atoms in total. The summed E-state index contributed by atoms with van der Waals surface area (Å²) in [5.41, 5.74) is 6.10. The summed E-state index contributed by atoms with van der Waals surface area (Å²) in [4.78, 5) is 21.9. The fourth-order valence-electron chi connectivity index (χ4n) is 6.25. The maximum absolute atomic E-state index is 12.3. The molecule has 0 aliphatic carbocycles. The Morgan fingerprint density at radius 3 is 2.41 bits per heavy atom. The first kappa shape index (κ1) is 29.0. The summed E-state index contributed by atoms with van der Waals surface area (Å²) in [7, 11) is 1.44. The van der Waals surface area contributed by atoms with E-state index >= 15 is 0 Å². The second-order valence-corrected chi connectivity index (χ2v) is 11.9. The van der Waals surface area contributed by atoms with Crippen LogP contribution in [0.5, 0.6) is 0 Å². The zero-order valence-electron chi connectivity index (χ0n) is 25.3. The number of anilines is 3. The number of aryl methyl sites for hydroxylation is 2. The standard InChI is InChI=1S/C33H45N5O3/c1-24(2)20-27-12-14-38(23-31(39)40-5)32(27)33(13-6-7-19-41-33)35-28-8-10-29(11-9-28)36-15-17-37(18-16-36)30-22-25(3)21-26(4)34-30/h8-12,14,21-22,24,35H,6-7,13,15-20,23H2,1-5H3. The third-order valence-corrected chi connectivity index (χ3v) is 8.12. The predicted octanol–water partition coefficient (Wildman–Crippen LogP) is 5.66. The molecular weight excluding hydrogens is 514 g/mol. The third kappa shape index (κ3) is 6.70. The van der Waals surface area contributed by atoms with Crippen LogP contribution in [0, 0.1) is 19.8 Å². The first-order valence-corrected chi connectivity index (χ1v) is 15.0. The first-order valence-electron chi connectivity index (χ1n) is 15.0. The van der Waals surface area contributed by atoms with E-state index in [0.717, 1.165) is 74.8 Å². The number of piperazine rings is 1. The van der Waals surface area contributed by atoms with Gasteiger partial charge in [-0.05, 0) is 92.6 Å². The second-order valence-electron chi connectivity index (χ2n) is 11.9. The smallest absolute Gasteiger partial charge is 0.325 e. The molecule has 220 valence electrons. The minimum Gasteiger partial charge on any atom is -0.468 e. The lowest BCUT2D eigenvalue weighted by Gasteiger charge is -2.40. The molecule has 2 saturated heterocycles. The van der Waals surface area contributed by atoms with Gasteiger partial charge in [-0.25, -0.2) is 4.98 Å². The molecule has 0 radical (unpaired) electrons. The van der Waals surface area contributed by atoms with E-state index < -0.39 is 5.72 Å². The summed E-state index contributed by atoms with van der Waals surface area (Å²) in [5.74, 6) is 1.30. The highest BCUT2D eigenvalue weighted by Crippen LogP contribution is 2.39. The van der Waals surface area contributed by atoms with Crippen LogP contribution in [0.25, 0.3) is 0 Å². The van der Waals surface area contributed by atoms with Gasteiger partial charge in [-0.15, -0.1) is 0 Å². The Morgan fingerprint density at radius 2 is 1.78 bits per heavy atom. The van der Waals surface area contributed by atoms with Crippen molar-refractivity contribution in [1.29, 1.82) is 0 Å². The summed E-state index contributed by atoms with van der Waals surface area (Å²) in [5, 5.41) is 3.78. The number of hydrogen-bond acceptors (Lipinski definition) is 7. The van der Waals surface area contributed by atoms with Gasteiger partial charge in [0, 0.05) is 62.5 Å². The van der Waals surface area contributed by atoms with E-state index in [1.165, 1.54) is 23.9 Å². The molecule has 1 N–H and O–H groups in total. The minimum absolute atomic E-state index is 0.166. The van der Waals surface area contributed by atoms with E-state index in [1.807, 2.05) is 10.8 Å². The van der Waals surface area contributed by atoms with Crippen molar-refractivity contribution in [2.24, 2.45) is 5.92 Å². The number of aromatic nitrogens is 2. The average Bonchev–Trinajstić information content (AvgIpc) is 3.35. The fourth-order valence-corrected chi connectivity index (χ4v) is 6.25. The molecule has 5 rings (SSSR count). The van der Waals surface area contributed by atoms with Crippen molar-refractivity contribution in [3.63, 3.8) is 0 Å². The lowest BCUT2D eigenvalue weighted by Crippen LogP contribution is -2.47. The van der Waals surface area contributed by atoms with E-state index in [0.29, 0.717) is 12.5 Å². The lowest BCUT2D eigenvalue weighted by molar-refractivity contribution is -0.141. The topological polar surface area (TPSA) is 71.9 Å². The minimum atomic E-state index is -0.702. The molecule has 3 aromatic rings. The molecule has 2 aliphatic rings. The van der Waals surface area contributed by atoms with Gasteiger partial charge < -0.3 is 29.2 Å². The third-order valence-electron chi connectivity index (χ3n) is 8.12. The molecule has 0 amide bonds. The van der Waals surface area contributed by atoms with Crippen molar-refractivity contribution in [3.8, 4) is 0 Å². The molecule has 1 aromatic carbocycles. The normalized spacial score (nSPS) is 19.5. The van der Waals surface area contributed by atoms with E-state index in [2.05, 4.69) is 85.3 Å². The van der Waals surface area contributed by atoms with Crippen molar-refractivity contribution in [2.45, 2.75) is 65.6 Å². The molecule has 2 fully saturated rings. The summed E-state index contributed by atoms with van der Waals surface area (Å²) in [6, 6.07) is 15.2. The molecule has 4 heterocycles. The first-order chi connectivity index (χ1) is 19.8. The van der Waals surface area contributed by atoms with E-state index in [9.17, 15) is 4.79 Å². The highest BCUT2D eigenvalue weighted by atomic mass is 16.5. The van der Waals surface area contributed by atoms with Crippen molar-refractivity contribution in [1.82, 2.24) is 9.55 Å². The number of nitrogens with zero attached hydrogens (tertiary/aromatic N) is 4. The molecule has 2 aromatic heterocycles. The van der Waals surface area contributed by atoms with E-state index in [1.54, 1.807) is 0 Å². The lowest BCUT2D eigenvalue weighted by atomic mass is 9.92. The quantitative estimate of drug-likeness (QED) is 0.339. The average molecular weight is 560 g/mol. The maximum Gasteiger partial charge on any atom is 0.325 e. The van der Waals surface area contributed by atoms with Crippen molar-refractivity contribution < 1.29 is 14.3 Å². The Hall–Kier alpha value is -3.52. The number of esters is 1. The van der Waals surface area contributed by atoms with E-state index in [-0.39, 0.29) is 12.5 Å². The van der Waals surface area contributed by atoms with Gasteiger partial charge >= 0.3 is 5.97 Å². The highest BCUT2D eigenvalue weighted by molar-refractivity contribution is 5.69. The number of carbonyl (C=O) groups excluding carboxylic acids is 1. The number of carbonyl (C=O) groups is 1. The van der Waals surface area contributed by atoms with Crippen LogP contribution < -0.4 is 15.1 Å². The summed E-state index contributed by atoms with van der Waals surface area (Å²) < 4.78 is 13.6. The number of pyridine rings is 1. The van der Waals surface area contributed by atoms with Crippen molar-refractivity contribution >= 4 is 23.2 Å². The van der Waals surface area contributed by atoms with Crippen molar-refractivity contribution in [3.05, 3.63) is 71.2 Å². The maximum atomic E-state index is 12.3. The molecule has 2 aliphatic heterocycles. The molecule has 1 unspecified atom stereocenters. The van der Waals surface area contributed by atoms with Gasteiger partial charge in [-0.3, -0.25) is 4.79 Å². The highest BCUT2D eigenvalue weighted by Gasteiger charge is 2.40. The molecule has 1 atom stereocenters. The van der Waals surface area contributed by atoms with Gasteiger partial charge in [0.15, 0.2) is 5.72 Å². The van der Waals surface area contributed by atoms with Crippen LogP contribution in [0.4, 0.5) is 17.2 Å². The van der Waals surface area contributed by atoms with Crippen LogP contribution in [0.3, 0.4) is 0 Å². The Labute approximate surface area is 244 Å². The van der Waals surface area contributed by atoms with Gasteiger partial charge in [-0.2, -0.15) is 0 Å². The predicted molar refractivity (Wildman–Crippen MR) is 165 cm³/mol. The van der Waals surface area contributed by atoms with Crippen LogP contribution in [-0.4, -0.2) is 55.4 Å². The number of methoxy groups -OCH3 is 1. The van der Waals surface area contributed by atoms with Crippen LogP contribution in [0.1, 0.15) is 55.6 Å². The van der Waals surface area contributed by atoms with Gasteiger partial charge in [0.2, 0.25) is 0 Å². The number of hydrogen-bond donors (Lipinski definition) is 1. The van der Waals surface area contributed by atoms with Crippen LogP contribution in [0.15, 0.2) is 48.7 Å². The fraction of sp³-hybridized carbons (Fsp3) is 0.515. The van der Waals surface area contributed by atoms with Crippen LogP contribution >= 0.6 is 0 Å². The molecule has 0 saturated carbocycles. The largest absolute Gasteiger partial charge is 0.468 e.